The smallest absolute Gasteiger partial charge is 0.328 e. The largest absolute Gasteiger partial charge is 0.481 e. The van der Waals surface area contributed by atoms with Crippen LogP contribution < -0.4 is 0 Å². The maximum Gasteiger partial charge on any atom is 0.328 e. The normalized spacial score (nSPS) is 11.0. The molecule has 0 aliphatic carbocycles. The van der Waals surface area contributed by atoms with Crippen molar-refractivity contribution in [2.24, 2.45) is 0 Å². The third kappa shape index (κ3) is 4.29. The lowest BCUT2D eigenvalue weighted by Gasteiger charge is -1.99. The van der Waals surface area contributed by atoms with E-state index < -0.39 is 11.9 Å². The number of hydrogen-bond donors (Lipinski definition) is 2. The standard InChI is InChI=1S/C15H13BrN2O4/c16-12-4-1-10(2-5-12)15-11(3-6-13(19)20)9-18(17-15)8-7-14(21)22/h1-6,9H,7-8H2,(H,19,20)(H,21,22). The minimum Gasteiger partial charge on any atom is -0.481 e. The number of aliphatic carboxylic acids is 2. The molecule has 0 bridgehead atoms. The molecule has 0 spiro atoms. The number of aromatic nitrogens is 2. The first-order valence-corrected chi connectivity index (χ1v) is 7.21. The number of carboxylic acids is 2. The van der Waals surface area contributed by atoms with E-state index in [1.807, 2.05) is 24.3 Å². The summed E-state index contributed by atoms with van der Waals surface area (Å²) in [7, 11) is 0. The Morgan fingerprint density at radius 1 is 1.23 bits per heavy atom. The van der Waals surface area contributed by atoms with Crippen LogP contribution in [0.1, 0.15) is 12.0 Å². The Morgan fingerprint density at radius 2 is 1.91 bits per heavy atom. The number of nitrogens with zero attached hydrogens (tertiary/aromatic N) is 2. The van der Waals surface area contributed by atoms with Crippen molar-refractivity contribution in [1.82, 2.24) is 9.78 Å². The summed E-state index contributed by atoms with van der Waals surface area (Å²) in [5, 5.41) is 21.8. The fourth-order valence-electron chi connectivity index (χ4n) is 1.88. The highest BCUT2D eigenvalue weighted by molar-refractivity contribution is 9.10. The summed E-state index contributed by atoms with van der Waals surface area (Å²) in [5.41, 5.74) is 2.05. The Bertz CT molecular complexity index is 720. The zero-order valence-corrected chi connectivity index (χ0v) is 13.0. The highest BCUT2D eigenvalue weighted by atomic mass is 79.9. The van der Waals surface area contributed by atoms with E-state index in [0.29, 0.717) is 11.3 Å². The highest BCUT2D eigenvalue weighted by Gasteiger charge is 2.10. The van der Waals surface area contributed by atoms with Crippen LogP contribution in [-0.2, 0) is 16.1 Å². The fourth-order valence-corrected chi connectivity index (χ4v) is 2.14. The van der Waals surface area contributed by atoms with Crippen molar-refractivity contribution in [1.29, 1.82) is 0 Å². The number of halogens is 1. The van der Waals surface area contributed by atoms with Gasteiger partial charge in [-0.25, -0.2) is 4.79 Å². The van der Waals surface area contributed by atoms with Crippen molar-refractivity contribution in [3.05, 3.63) is 46.6 Å². The van der Waals surface area contributed by atoms with Crippen molar-refractivity contribution in [2.75, 3.05) is 0 Å². The molecule has 0 unspecified atom stereocenters. The second-order valence-electron chi connectivity index (χ2n) is 4.52. The van der Waals surface area contributed by atoms with Gasteiger partial charge in [0.05, 0.1) is 18.7 Å². The molecule has 0 aliphatic rings. The number of hydrogen-bond acceptors (Lipinski definition) is 3. The third-order valence-electron chi connectivity index (χ3n) is 2.87. The summed E-state index contributed by atoms with van der Waals surface area (Å²) in [4.78, 5) is 21.3. The van der Waals surface area contributed by atoms with Crippen LogP contribution in [0.2, 0.25) is 0 Å². The van der Waals surface area contributed by atoms with Crippen LogP contribution in [0.5, 0.6) is 0 Å². The quantitative estimate of drug-likeness (QED) is 0.768. The second kappa shape index (κ2) is 7.04. The van der Waals surface area contributed by atoms with Crippen molar-refractivity contribution in [2.45, 2.75) is 13.0 Å². The molecule has 114 valence electrons. The summed E-state index contributed by atoms with van der Waals surface area (Å²) >= 11 is 3.35. The minimum absolute atomic E-state index is 0.0520. The van der Waals surface area contributed by atoms with Gasteiger partial charge < -0.3 is 10.2 Å². The first-order chi connectivity index (χ1) is 10.5. The molecule has 0 atom stereocenters. The molecule has 0 amide bonds. The number of carbonyl (C=O) groups is 2. The van der Waals surface area contributed by atoms with E-state index in [0.717, 1.165) is 16.1 Å². The van der Waals surface area contributed by atoms with Crippen LogP contribution in [0.15, 0.2) is 41.0 Å². The molecule has 0 saturated carbocycles. The van der Waals surface area contributed by atoms with Crippen LogP contribution in [-0.4, -0.2) is 31.9 Å². The first-order valence-electron chi connectivity index (χ1n) is 6.42. The highest BCUT2D eigenvalue weighted by Crippen LogP contribution is 2.25. The Labute approximate surface area is 134 Å². The fraction of sp³-hybridized carbons (Fsp3) is 0.133. The summed E-state index contributed by atoms with van der Waals surface area (Å²) in [6, 6.07) is 7.42. The second-order valence-corrected chi connectivity index (χ2v) is 5.43. The average Bonchev–Trinajstić information content (AvgIpc) is 2.87. The number of benzene rings is 1. The average molecular weight is 365 g/mol. The molecule has 2 aromatic rings. The molecule has 7 heteroatoms. The zero-order chi connectivity index (χ0) is 16.1. The lowest BCUT2D eigenvalue weighted by atomic mass is 10.1. The van der Waals surface area contributed by atoms with Gasteiger partial charge in [0.15, 0.2) is 0 Å². The number of aryl methyl sites for hydroxylation is 1. The Hall–Kier alpha value is -2.41. The summed E-state index contributed by atoms with van der Waals surface area (Å²) in [6.07, 6.45) is 4.06. The van der Waals surface area contributed by atoms with E-state index in [1.165, 1.54) is 10.8 Å². The Morgan fingerprint density at radius 3 is 2.50 bits per heavy atom. The van der Waals surface area contributed by atoms with Crippen LogP contribution in [0.4, 0.5) is 0 Å². The molecule has 1 aromatic carbocycles. The van der Waals surface area contributed by atoms with Gasteiger partial charge in [-0.1, -0.05) is 28.1 Å². The molecular formula is C15H13BrN2O4. The van der Waals surface area contributed by atoms with Crippen LogP contribution in [0, 0.1) is 0 Å². The topological polar surface area (TPSA) is 92.4 Å². The first kappa shape index (κ1) is 16.0. The maximum atomic E-state index is 10.7. The van der Waals surface area contributed by atoms with E-state index in [4.69, 9.17) is 10.2 Å². The number of carboxylic acid groups (broad SMARTS) is 2. The predicted octanol–water partition coefficient (Wildman–Crippen LogP) is 2.89. The van der Waals surface area contributed by atoms with Gasteiger partial charge in [-0.3, -0.25) is 9.48 Å². The summed E-state index contributed by atoms with van der Waals surface area (Å²) in [6.45, 7) is 0.222. The van der Waals surface area contributed by atoms with Crippen molar-refractivity contribution in [3.8, 4) is 11.3 Å². The van der Waals surface area contributed by atoms with Gasteiger partial charge in [-0.2, -0.15) is 5.10 Å². The SMILES string of the molecule is O=C(O)C=Cc1cn(CCC(=O)O)nc1-c1ccc(Br)cc1. The summed E-state index contributed by atoms with van der Waals surface area (Å²) < 4.78 is 2.43. The number of rotatable bonds is 6. The molecule has 0 radical (unpaired) electrons. The zero-order valence-electron chi connectivity index (χ0n) is 11.4. The van der Waals surface area contributed by atoms with Gasteiger partial charge in [-0.05, 0) is 18.2 Å². The van der Waals surface area contributed by atoms with Gasteiger partial charge in [0, 0.05) is 27.9 Å². The molecule has 22 heavy (non-hydrogen) atoms. The van der Waals surface area contributed by atoms with E-state index in [-0.39, 0.29) is 13.0 Å². The van der Waals surface area contributed by atoms with Gasteiger partial charge in [0.1, 0.15) is 0 Å². The maximum absolute atomic E-state index is 10.7. The molecule has 0 saturated heterocycles. The summed E-state index contributed by atoms with van der Waals surface area (Å²) in [5.74, 6) is -1.97. The molecule has 1 heterocycles. The van der Waals surface area contributed by atoms with Gasteiger partial charge >= 0.3 is 11.9 Å². The van der Waals surface area contributed by atoms with Crippen LogP contribution >= 0.6 is 15.9 Å². The van der Waals surface area contributed by atoms with Gasteiger partial charge in [0.25, 0.3) is 0 Å². The molecule has 6 nitrogen and oxygen atoms in total. The van der Waals surface area contributed by atoms with Crippen LogP contribution in [0.25, 0.3) is 17.3 Å². The third-order valence-corrected chi connectivity index (χ3v) is 3.40. The minimum atomic E-state index is -1.06. The van der Waals surface area contributed by atoms with Crippen LogP contribution in [0.3, 0.4) is 0 Å². The lowest BCUT2D eigenvalue weighted by Crippen LogP contribution is -2.04. The van der Waals surface area contributed by atoms with E-state index in [1.54, 1.807) is 6.20 Å². The van der Waals surface area contributed by atoms with Crippen molar-refractivity contribution < 1.29 is 19.8 Å². The molecule has 1 aromatic heterocycles. The molecule has 0 fully saturated rings. The molecule has 2 rings (SSSR count). The Balaban J connectivity index is 2.38. The predicted molar refractivity (Wildman–Crippen MR) is 84.3 cm³/mol. The van der Waals surface area contributed by atoms with Gasteiger partial charge in [0.2, 0.25) is 0 Å². The molecule has 2 N–H and O–H groups in total. The van der Waals surface area contributed by atoms with E-state index >= 15 is 0 Å². The van der Waals surface area contributed by atoms with E-state index in [9.17, 15) is 9.59 Å². The van der Waals surface area contributed by atoms with E-state index in [2.05, 4.69) is 21.0 Å². The van der Waals surface area contributed by atoms with Crippen molar-refractivity contribution >= 4 is 33.9 Å². The lowest BCUT2D eigenvalue weighted by molar-refractivity contribution is -0.137. The monoisotopic (exact) mass is 364 g/mol. The molecular weight excluding hydrogens is 352 g/mol. The molecule has 0 aliphatic heterocycles. The van der Waals surface area contributed by atoms with Crippen molar-refractivity contribution in [3.63, 3.8) is 0 Å². The Kier molecular flexibility index (Phi) is 5.11. The van der Waals surface area contributed by atoms with Gasteiger partial charge in [-0.15, -0.1) is 0 Å².